The van der Waals surface area contributed by atoms with E-state index in [2.05, 4.69) is 25.7 Å². The average molecular weight is 195 g/mol. The number of hydrogen-bond donors (Lipinski definition) is 2. The van der Waals surface area contributed by atoms with Crippen molar-refractivity contribution in [2.75, 3.05) is 6.54 Å². The lowest BCUT2D eigenvalue weighted by Crippen LogP contribution is -2.76. The maximum atomic E-state index is 10.6. The van der Waals surface area contributed by atoms with Gasteiger partial charge in [0.25, 0.3) is 0 Å². The molecule has 2 N–H and O–H groups in total. The van der Waals surface area contributed by atoms with Gasteiger partial charge >= 0.3 is 0 Å². The van der Waals surface area contributed by atoms with Crippen molar-refractivity contribution in [1.82, 2.24) is 5.32 Å². The molecule has 0 aromatic heterocycles. The van der Waals surface area contributed by atoms with Gasteiger partial charge in [0.05, 0.1) is 5.60 Å². The summed E-state index contributed by atoms with van der Waals surface area (Å²) in [4.78, 5) is 0. The van der Waals surface area contributed by atoms with E-state index in [9.17, 15) is 5.11 Å². The molecule has 1 saturated heterocycles. The van der Waals surface area contributed by atoms with E-state index in [1.54, 1.807) is 0 Å². The number of fused-ring (bicyclic) bond motifs is 1. The summed E-state index contributed by atoms with van der Waals surface area (Å²) < 4.78 is 0. The number of piperidine rings is 1. The molecule has 0 bridgehead atoms. The predicted octanol–water partition coefficient (Wildman–Crippen LogP) is 1.70. The number of aliphatic hydroxyl groups is 1. The Kier molecular flexibility index (Phi) is 2.24. The van der Waals surface area contributed by atoms with Crippen molar-refractivity contribution in [3.05, 3.63) is 12.7 Å². The minimum atomic E-state index is -0.521. The van der Waals surface area contributed by atoms with Crippen LogP contribution >= 0.6 is 0 Å². The Bertz CT molecular complexity index is 249. The fraction of sp³-hybridized carbons (Fsp3) is 0.833. The Hall–Kier alpha value is -0.340. The van der Waals surface area contributed by atoms with Crippen molar-refractivity contribution in [2.24, 2.45) is 11.3 Å². The van der Waals surface area contributed by atoms with E-state index in [0.717, 1.165) is 19.4 Å². The highest BCUT2D eigenvalue weighted by Crippen LogP contribution is 2.58. The molecule has 1 heterocycles. The minimum absolute atomic E-state index is 0.00766. The first-order valence-corrected chi connectivity index (χ1v) is 5.60. The molecule has 2 aliphatic rings. The molecule has 80 valence electrons. The summed E-state index contributed by atoms with van der Waals surface area (Å²) in [6.45, 7) is 9.18. The molecular formula is C12H21NO. The fourth-order valence-corrected chi connectivity index (χ4v) is 3.45. The first-order chi connectivity index (χ1) is 6.54. The van der Waals surface area contributed by atoms with Gasteiger partial charge in [0.1, 0.15) is 0 Å². The molecule has 2 heteroatoms. The summed E-state index contributed by atoms with van der Waals surface area (Å²) >= 11 is 0. The maximum Gasteiger partial charge on any atom is 0.0790 e. The highest BCUT2D eigenvalue weighted by molar-refractivity contribution is 5.20. The van der Waals surface area contributed by atoms with Gasteiger partial charge in [-0.1, -0.05) is 19.9 Å². The van der Waals surface area contributed by atoms with Crippen LogP contribution in [-0.4, -0.2) is 23.3 Å². The van der Waals surface area contributed by atoms with E-state index in [4.69, 9.17) is 0 Å². The normalized spacial score (nSPS) is 45.1. The average Bonchev–Trinajstić information content (AvgIpc) is 2.18. The predicted molar refractivity (Wildman–Crippen MR) is 58.1 cm³/mol. The molecule has 14 heavy (non-hydrogen) atoms. The lowest BCUT2D eigenvalue weighted by atomic mass is 9.46. The molecule has 3 atom stereocenters. The third-order valence-electron chi connectivity index (χ3n) is 4.42. The molecule has 2 rings (SSSR count). The Labute approximate surface area is 86.4 Å². The van der Waals surface area contributed by atoms with Crippen LogP contribution in [0.4, 0.5) is 0 Å². The smallest absolute Gasteiger partial charge is 0.0790 e. The molecule has 1 aliphatic heterocycles. The molecule has 0 radical (unpaired) electrons. The summed E-state index contributed by atoms with van der Waals surface area (Å²) in [5.74, 6) is 0.434. The summed E-state index contributed by atoms with van der Waals surface area (Å²) in [5, 5.41) is 14.1. The van der Waals surface area contributed by atoms with Crippen molar-refractivity contribution in [3.63, 3.8) is 0 Å². The summed E-state index contributed by atoms with van der Waals surface area (Å²) in [6, 6.07) is 0.501. The van der Waals surface area contributed by atoms with Crippen molar-refractivity contribution in [2.45, 2.75) is 44.8 Å². The van der Waals surface area contributed by atoms with Crippen LogP contribution in [-0.2, 0) is 0 Å². The Morgan fingerprint density at radius 1 is 1.57 bits per heavy atom. The Balaban J connectivity index is 2.21. The lowest BCUT2D eigenvalue weighted by molar-refractivity contribution is -0.232. The van der Waals surface area contributed by atoms with Crippen LogP contribution in [0, 0.1) is 11.3 Å². The van der Waals surface area contributed by atoms with Gasteiger partial charge < -0.3 is 10.4 Å². The van der Waals surface area contributed by atoms with Gasteiger partial charge in [0.15, 0.2) is 0 Å². The van der Waals surface area contributed by atoms with Gasteiger partial charge in [-0.15, -0.1) is 6.58 Å². The highest BCUT2D eigenvalue weighted by atomic mass is 16.3. The SMILES string of the molecule is C=CCC1(O)C2CCCNC2C1(C)C. The zero-order valence-corrected chi connectivity index (χ0v) is 9.21. The number of hydrogen-bond acceptors (Lipinski definition) is 2. The summed E-state index contributed by atoms with van der Waals surface area (Å²) in [6.07, 6.45) is 4.93. The molecule has 0 aromatic rings. The second kappa shape index (κ2) is 3.07. The summed E-state index contributed by atoms with van der Waals surface area (Å²) in [5.41, 5.74) is -0.529. The first-order valence-electron chi connectivity index (χ1n) is 5.60. The summed E-state index contributed by atoms with van der Waals surface area (Å²) in [7, 11) is 0. The van der Waals surface area contributed by atoms with E-state index in [1.807, 2.05) is 6.08 Å². The van der Waals surface area contributed by atoms with Crippen molar-refractivity contribution in [1.29, 1.82) is 0 Å². The topological polar surface area (TPSA) is 32.3 Å². The second-order valence-corrected chi connectivity index (χ2v) is 5.32. The van der Waals surface area contributed by atoms with Crippen LogP contribution in [0.25, 0.3) is 0 Å². The molecule has 0 spiro atoms. The van der Waals surface area contributed by atoms with E-state index in [1.165, 1.54) is 6.42 Å². The van der Waals surface area contributed by atoms with E-state index in [-0.39, 0.29) is 5.41 Å². The zero-order valence-electron chi connectivity index (χ0n) is 9.21. The standard InChI is InChI=1S/C12H21NO/c1-4-7-12(14)9-6-5-8-13-10(9)11(12,2)3/h4,9-10,13-14H,1,5-8H2,2-3H3. The van der Waals surface area contributed by atoms with Gasteiger partial charge in [-0.05, 0) is 25.8 Å². The largest absolute Gasteiger partial charge is 0.389 e. The van der Waals surface area contributed by atoms with Crippen LogP contribution in [0.2, 0.25) is 0 Å². The molecule has 2 nitrogen and oxygen atoms in total. The van der Waals surface area contributed by atoms with Crippen molar-refractivity contribution >= 4 is 0 Å². The first kappa shape index (κ1) is 10.2. The molecule has 3 unspecified atom stereocenters. The second-order valence-electron chi connectivity index (χ2n) is 5.32. The van der Waals surface area contributed by atoms with E-state index < -0.39 is 5.60 Å². The minimum Gasteiger partial charge on any atom is -0.389 e. The van der Waals surface area contributed by atoms with Crippen molar-refractivity contribution in [3.8, 4) is 0 Å². The van der Waals surface area contributed by atoms with Crippen LogP contribution < -0.4 is 5.32 Å². The van der Waals surface area contributed by atoms with E-state index >= 15 is 0 Å². The molecule has 0 aromatic carbocycles. The van der Waals surface area contributed by atoms with E-state index in [0.29, 0.717) is 12.0 Å². The third kappa shape index (κ3) is 1.04. The van der Waals surface area contributed by atoms with Gasteiger partial charge in [0.2, 0.25) is 0 Å². The zero-order chi connectivity index (χ0) is 10.4. The van der Waals surface area contributed by atoms with Gasteiger partial charge in [0, 0.05) is 17.4 Å². The monoisotopic (exact) mass is 195 g/mol. The molecule has 1 saturated carbocycles. The number of rotatable bonds is 2. The molecular weight excluding hydrogens is 174 g/mol. The fourth-order valence-electron chi connectivity index (χ4n) is 3.45. The molecule has 1 aliphatic carbocycles. The van der Waals surface area contributed by atoms with Crippen LogP contribution in [0.1, 0.15) is 33.1 Å². The maximum absolute atomic E-state index is 10.6. The van der Waals surface area contributed by atoms with Crippen LogP contribution in [0.15, 0.2) is 12.7 Å². The Morgan fingerprint density at radius 3 is 2.93 bits per heavy atom. The number of nitrogens with one attached hydrogen (secondary N) is 1. The third-order valence-corrected chi connectivity index (χ3v) is 4.42. The lowest BCUT2D eigenvalue weighted by Gasteiger charge is -2.66. The van der Waals surface area contributed by atoms with Gasteiger partial charge in [-0.25, -0.2) is 0 Å². The van der Waals surface area contributed by atoms with Crippen LogP contribution in [0.3, 0.4) is 0 Å². The molecule has 0 amide bonds. The Morgan fingerprint density at radius 2 is 2.29 bits per heavy atom. The van der Waals surface area contributed by atoms with Crippen molar-refractivity contribution < 1.29 is 5.11 Å². The quantitative estimate of drug-likeness (QED) is 0.657. The van der Waals surface area contributed by atoms with Gasteiger partial charge in [-0.3, -0.25) is 0 Å². The highest BCUT2D eigenvalue weighted by Gasteiger charge is 2.65. The van der Waals surface area contributed by atoms with Crippen LogP contribution in [0.5, 0.6) is 0 Å². The van der Waals surface area contributed by atoms with Gasteiger partial charge in [-0.2, -0.15) is 0 Å². The molecule has 2 fully saturated rings.